The van der Waals surface area contributed by atoms with Crippen LogP contribution in [-0.2, 0) is 0 Å². The molecule has 2 rings (SSSR count). The van der Waals surface area contributed by atoms with E-state index in [-0.39, 0.29) is 0 Å². The first kappa shape index (κ1) is 12.0. The zero-order chi connectivity index (χ0) is 12.5. The Morgan fingerprint density at radius 2 is 2.18 bits per heavy atom. The maximum Gasteiger partial charge on any atom is 0.335 e. The molecule has 1 saturated heterocycles. The Bertz CT molecular complexity index is 426. The van der Waals surface area contributed by atoms with Gasteiger partial charge in [-0.05, 0) is 36.5 Å². The van der Waals surface area contributed by atoms with Crippen LogP contribution in [0.25, 0.3) is 0 Å². The normalized spacial score (nSPS) is 19.1. The Morgan fingerprint density at radius 3 is 2.82 bits per heavy atom. The molecule has 0 bridgehead atoms. The molecule has 3 nitrogen and oxygen atoms in total. The van der Waals surface area contributed by atoms with Crippen LogP contribution in [0.15, 0.2) is 24.3 Å². The molecule has 3 heteroatoms. The summed E-state index contributed by atoms with van der Waals surface area (Å²) in [4.78, 5) is 13.2. The van der Waals surface area contributed by atoms with Crippen molar-refractivity contribution in [3.63, 3.8) is 0 Å². The van der Waals surface area contributed by atoms with Crippen LogP contribution < -0.4 is 4.90 Å². The van der Waals surface area contributed by atoms with Crippen LogP contribution in [0.5, 0.6) is 0 Å². The molecule has 1 aromatic carbocycles. The van der Waals surface area contributed by atoms with Gasteiger partial charge in [0, 0.05) is 18.8 Å². The zero-order valence-corrected chi connectivity index (χ0v) is 10.4. The van der Waals surface area contributed by atoms with Gasteiger partial charge in [-0.1, -0.05) is 19.9 Å². The van der Waals surface area contributed by atoms with Gasteiger partial charge < -0.3 is 10.0 Å². The largest absolute Gasteiger partial charge is 0.478 e. The van der Waals surface area contributed by atoms with Crippen LogP contribution in [0, 0.1) is 5.41 Å². The number of carboxylic acid groups (broad SMARTS) is 1. The Balaban J connectivity index is 2.22. The number of anilines is 1. The maximum atomic E-state index is 10.9. The van der Waals surface area contributed by atoms with Gasteiger partial charge in [0.15, 0.2) is 0 Å². The molecule has 0 saturated carbocycles. The third kappa shape index (κ3) is 2.78. The fraction of sp³-hybridized carbons (Fsp3) is 0.500. The third-order valence-electron chi connectivity index (χ3n) is 3.36. The van der Waals surface area contributed by atoms with Gasteiger partial charge >= 0.3 is 5.97 Å². The van der Waals surface area contributed by atoms with Gasteiger partial charge in [0.05, 0.1) is 5.56 Å². The maximum absolute atomic E-state index is 10.9. The van der Waals surface area contributed by atoms with Crippen LogP contribution >= 0.6 is 0 Å². The number of rotatable bonds is 2. The van der Waals surface area contributed by atoms with Crippen molar-refractivity contribution >= 4 is 11.7 Å². The summed E-state index contributed by atoms with van der Waals surface area (Å²) in [6.45, 7) is 6.54. The molecule has 0 radical (unpaired) electrons. The van der Waals surface area contributed by atoms with Crippen molar-refractivity contribution in [1.29, 1.82) is 0 Å². The lowest BCUT2D eigenvalue weighted by Gasteiger charge is -2.39. The molecule has 17 heavy (non-hydrogen) atoms. The molecule has 0 unspecified atom stereocenters. The summed E-state index contributed by atoms with van der Waals surface area (Å²) < 4.78 is 0. The average molecular weight is 233 g/mol. The SMILES string of the molecule is CC1(C)CCCN(c2cccc(C(=O)O)c2)C1. The quantitative estimate of drug-likeness (QED) is 0.853. The molecule has 0 atom stereocenters. The van der Waals surface area contributed by atoms with Crippen LogP contribution in [0.2, 0.25) is 0 Å². The van der Waals surface area contributed by atoms with E-state index in [2.05, 4.69) is 18.7 Å². The summed E-state index contributed by atoms with van der Waals surface area (Å²) in [5.41, 5.74) is 1.71. The predicted molar refractivity (Wildman–Crippen MR) is 68.6 cm³/mol. The summed E-state index contributed by atoms with van der Waals surface area (Å²) in [6, 6.07) is 7.22. The van der Waals surface area contributed by atoms with Crippen molar-refractivity contribution in [3.8, 4) is 0 Å². The Kier molecular flexibility index (Phi) is 3.09. The summed E-state index contributed by atoms with van der Waals surface area (Å²) >= 11 is 0. The number of piperidine rings is 1. The topological polar surface area (TPSA) is 40.5 Å². The Hall–Kier alpha value is -1.51. The second-order valence-electron chi connectivity index (χ2n) is 5.54. The van der Waals surface area contributed by atoms with Gasteiger partial charge in [-0.15, -0.1) is 0 Å². The lowest BCUT2D eigenvalue weighted by Crippen LogP contribution is -2.40. The highest BCUT2D eigenvalue weighted by Crippen LogP contribution is 2.31. The van der Waals surface area contributed by atoms with E-state index in [1.165, 1.54) is 12.8 Å². The summed E-state index contributed by atoms with van der Waals surface area (Å²) in [5.74, 6) is -0.858. The van der Waals surface area contributed by atoms with Crippen LogP contribution in [0.3, 0.4) is 0 Å². The lowest BCUT2D eigenvalue weighted by molar-refractivity contribution is 0.0697. The van der Waals surface area contributed by atoms with E-state index >= 15 is 0 Å². The number of aromatic carboxylic acids is 1. The number of hydrogen-bond acceptors (Lipinski definition) is 2. The highest BCUT2D eigenvalue weighted by molar-refractivity contribution is 5.88. The lowest BCUT2D eigenvalue weighted by atomic mass is 9.84. The van der Waals surface area contributed by atoms with Gasteiger partial charge in [-0.3, -0.25) is 0 Å². The number of carboxylic acids is 1. The third-order valence-corrected chi connectivity index (χ3v) is 3.36. The number of benzene rings is 1. The average Bonchev–Trinajstić information content (AvgIpc) is 2.28. The molecule has 1 N–H and O–H groups in total. The van der Waals surface area contributed by atoms with Crippen molar-refractivity contribution in [2.45, 2.75) is 26.7 Å². The number of carbonyl (C=O) groups is 1. The van der Waals surface area contributed by atoms with Crippen LogP contribution in [-0.4, -0.2) is 24.2 Å². The van der Waals surface area contributed by atoms with Crippen LogP contribution in [0.4, 0.5) is 5.69 Å². The van der Waals surface area contributed by atoms with E-state index in [4.69, 9.17) is 5.11 Å². The fourth-order valence-electron chi connectivity index (χ4n) is 2.48. The molecular weight excluding hydrogens is 214 g/mol. The minimum Gasteiger partial charge on any atom is -0.478 e. The highest BCUT2D eigenvalue weighted by atomic mass is 16.4. The van der Waals surface area contributed by atoms with E-state index in [1.807, 2.05) is 12.1 Å². The van der Waals surface area contributed by atoms with E-state index in [9.17, 15) is 4.79 Å². The predicted octanol–water partition coefficient (Wildman–Crippen LogP) is 3.01. The first-order valence-electron chi connectivity index (χ1n) is 6.06. The molecule has 1 aromatic rings. The van der Waals surface area contributed by atoms with Gasteiger partial charge in [0.2, 0.25) is 0 Å². The molecular formula is C14H19NO2. The van der Waals surface area contributed by atoms with E-state index in [1.54, 1.807) is 12.1 Å². The summed E-state index contributed by atoms with van der Waals surface area (Å²) in [5, 5.41) is 8.99. The van der Waals surface area contributed by atoms with Crippen molar-refractivity contribution in [2.75, 3.05) is 18.0 Å². The van der Waals surface area contributed by atoms with Crippen molar-refractivity contribution in [3.05, 3.63) is 29.8 Å². The standard InChI is InChI=1S/C14H19NO2/c1-14(2)7-4-8-15(10-14)12-6-3-5-11(9-12)13(16)17/h3,5-6,9H,4,7-8,10H2,1-2H3,(H,16,17). The second kappa shape index (κ2) is 4.40. The second-order valence-corrected chi connectivity index (χ2v) is 5.54. The van der Waals surface area contributed by atoms with Gasteiger partial charge in [-0.2, -0.15) is 0 Å². The minimum atomic E-state index is -0.858. The molecule has 1 aliphatic heterocycles. The van der Waals surface area contributed by atoms with Gasteiger partial charge in [-0.25, -0.2) is 4.79 Å². The van der Waals surface area contributed by atoms with Gasteiger partial charge in [0.1, 0.15) is 0 Å². The fourth-order valence-corrected chi connectivity index (χ4v) is 2.48. The minimum absolute atomic E-state index is 0.317. The Labute approximate surface area is 102 Å². The van der Waals surface area contributed by atoms with Crippen molar-refractivity contribution in [2.24, 2.45) is 5.41 Å². The number of hydrogen-bond donors (Lipinski definition) is 1. The zero-order valence-electron chi connectivity index (χ0n) is 10.4. The monoisotopic (exact) mass is 233 g/mol. The summed E-state index contributed by atoms with van der Waals surface area (Å²) in [7, 11) is 0. The Morgan fingerprint density at radius 1 is 1.41 bits per heavy atom. The first-order valence-corrected chi connectivity index (χ1v) is 6.06. The molecule has 0 amide bonds. The van der Waals surface area contributed by atoms with E-state index in [0.717, 1.165) is 18.8 Å². The molecule has 0 aliphatic carbocycles. The highest BCUT2D eigenvalue weighted by Gasteiger charge is 2.26. The van der Waals surface area contributed by atoms with Crippen LogP contribution in [0.1, 0.15) is 37.0 Å². The van der Waals surface area contributed by atoms with E-state index in [0.29, 0.717) is 11.0 Å². The summed E-state index contributed by atoms with van der Waals surface area (Å²) in [6.07, 6.45) is 2.41. The molecule has 0 aromatic heterocycles. The molecule has 1 heterocycles. The molecule has 92 valence electrons. The molecule has 0 spiro atoms. The van der Waals surface area contributed by atoms with Gasteiger partial charge in [0.25, 0.3) is 0 Å². The first-order chi connectivity index (χ1) is 7.98. The van der Waals surface area contributed by atoms with E-state index < -0.39 is 5.97 Å². The van der Waals surface area contributed by atoms with Crippen molar-refractivity contribution < 1.29 is 9.90 Å². The molecule has 1 aliphatic rings. The smallest absolute Gasteiger partial charge is 0.335 e. The molecule has 1 fully saturated rings. The number of nitrogens with zero attached hydrogens (tertiary/aromatic N) is 1. The van der Waals surface area contributed by atoms with Crippen molar-refractivity contribution in [1.82, 2.24) is 0 Å².